The minimum atomic E-state index is -0.663. The van der Waals surface area contributed by atoms with E-state index < -0.39 is 11.5 Å². The summed E-state index contributed by atoms with van der Waals surface area (Å²) in [6, 6.07) is 7.60. The maximum Gasteiger partial charge on any atom is 0.246 e. The topological polar surface area (TPSA) is 117 Å². The molecule has 3 rings (SSSR count). The molecule has 2 aromatic rings. The maximum atomic E-state index is 12.5. The molecule has 0 aliphatic carbocycles. The molecule has 0 bridgehead atoms. The first-order valence-corrected chi connectivity index (χ1v) is 12.4. The molecule has 1 aliphatic heterocycles. The van der Waals surface area contributed by atoms with Gasteiger partial charge >= 0.3 is 0 Å². The SMILES string of the molecule is CC(C)(C)C(NC(=O)CN)C(=O)N1CCCC1C=O.CNCc1ccc(-c2scnc2C)cc1. The van der Waals surface area contributed by atoms with Gasteiger partial charge in [0.05, 0.1) is 28.7 Å². The highest BCUT2D eigenvalue weighted by atomic mass is 32.1. The Bertz CT molecular complexity index is 952. The summed E-state index contributed by atoms with van der Waals surface area (Å²) in [5, 5.41) is 5.80. The number of carbonyl (C=O) groups excluding carboxylic acids is 3. The quantitative estimate of drug-likeness (QED) is 0.517. The van der Waals surface area contributed by atoms with Crippen LogP contribution < -0.4 is 16.4 Å². The first kappa shape index (κ1) is 27.6. The summed E-state index contributed by atoms with van der Waals surface area (Å²) < 4.78 is 0. The Labute approximate surface area is 206 Å². The van der Waals surface area contributed by atoms with E-state index in [2.05, 4.69) is 39.9 Å². The van der Waals surface area contributed by atoms with Gasteiger partial charge in [-0.1, -0.05) is 45.0 Å². The average Bonchev–Trinajstić information content (AvgIpc) is 3.46. The Balaban J connectivity index is 0.000000246. The van der Waals surface area contributed by atoms with Gasteiger partial charge in [-0.05, 0) is 43.4 Å². The van der Waals surface area contributed by atoms with Crippen LogP contribution >= 0.6 is 11.3 Å². The Morgan fingerprint density at radius 2 is 1.97 bits per heavy atom. The van der Waals surface area contributed by atoms with Crippen LogP contribution in [0.3, 0.4) is 0 Å². The number of thiazole rings is 1. The lowest BCUT2D eigenvalue weighted by Crippen LogP contribution is -2.56. The molecule has 1 fully saturated rings. The van der Waals surface area contributed by atoms with Crippen LogP contribution in [0.25, 0.3) is 10.4 Å². The monoisotopic (exact) mass is 487 g/mol. The molecule has 4 N–H and O–H groups in total. The van der Waals surface area contributed by atoms with E-state index in [9.17, 15) is 14.4 Å². The zero-order valence-corrected chi connectivity index (χ0v) is 21.6. The minimum Gasteiger partial charge on any atom is -0.343 e. The van der Waals surface area contributed by atoms with Crippen molar-refractivity contribution in [2.75, 3.05) is 20.1 Å². The molecular formula is C25H37N5O3S. The van der Waals surface area contributed by atoms with Crippen molar-refractivity contribution in [2.45, 2.75) is 59.2 Å². The molecule has 1 aliphatic rings. The number of nitrogens with zero attached hydrogens (tertiary/aromatic N) is 2. The fourth-order valence-electron chi connectivity index (χ4n) is 3.80. The van der Waals surface area contributed by atoms with Crippen molar-refractivity contribution < 1.29 is 14.4 Å². The number of hydrogen-bond donors (Lipinski definition) is 3. The first-order chi connectivity index (χ1) is 16.1. The van der Waals surface area contributed by atoms with Crippen molar-refractivity contribution in [3.63, 3.8) is 0 Å². The fourth-order valence-corrected chi connectivity index (χ4v) is 4.61. The van der Waals surface area contributed by atoms with Crippen LogP contribution in [-0.2, 0) is 20.9 Å². The Kier molecular flexibility index (Phi) is 10.3. The highest BCUT2D eigenvalue weighted by molar-refractivity contribution is 7.13. The van der Waals surface area contributed by atoms with Gasteiger partial charge in [-0.25, -0.2) is 4.98 Å². The van der Waals surface area contributed by atoms with Gasteiger partial charge < -0.3 is 26.1 Å². The third kappa shape index (κ3) is 7.44. The summed E-state index contributed by atoms with van der Waals surface area (Å²) in [6.45, 7) is 8.99. The van der Waals surface area contributed by atoms with Gasteiger partial charge in [-0.3, -0.25) is 9.59 Å². The number of aryl methyl sites for hydroxylation is 1. The van der Waals surface area contributed by atoms with Crippen LogP contribution in [0.1, 0.15) is 44.9 Å². The van der Waals surface area contributed by atoms with Crippen molar-refractivity contribution in [1.82, 2.24) is 20.5 Å². The Morgan fingerprint density at radius 3 is 2.47 bits per heavy atom. The molecule has 0 radical (unpaired) electrons. The van der Waals surface area contributed by atoms with Crippen LogP contribution in [-0.4, -0.2) is 60.2 Å². The lowest BCUT2D eigenvalue weighted by Gasteiger charge is -2.34. The van der Waals surface area contributed by atoms with Crippen molar-refractivity contribution in [2.24, 2.45) is 11.1 Å². The van der Waals surface area contributed by atoms with E-state index in [4.69, 9.17) is 5.73 Å². The third-order valence-electron chi connectivity index (χ3n) is 5.69. The van der Waals surface area contributed by atoms with Crippen LogP contribution in [0.2, 0.25) is 0 Å². The number of hydrogen-bond acceptors (Lipinski definition) is 7. The third-order valence-corrected chi connectivity index (χ3v) is 6.66. The molecule has 1 aromatic heterocycles. The smallest absolute Gasteiger partial charge is 0.246 e. The normalized spacial score (nSPS) is 16.4. The average molecular weight is 488 g/mol. The zero-order chi connectivity index (χ0) is 25.3. The molecule has 2 amide bonds. The van der Waals surface area contributed by atoms with Crippen LogP contribution in [0.4, 0.5) is 0 Å². The zero-order valence-electron chi connectivity index (χ0n) is 20.8. The van der Waals surface area contributed by atoms with Crippen LogP contribution in [0.15, 0.2) is 29.8 Å². The Morgan fingerprint density at radius 1 is 1.29 bits per heavy atom. The van der Waals surface area contributed by atoms with Gasteiger partial charge in [0.15, 0.2) is 0 Å². The lowest BCUT2D eigenvalue weighted by atomic mass is 9.85. The van der Waals surface area contributed by atoms with E-state index in [0.29, 0.717) is 13.0 Å². The molecule has 0 saturated carbocycles. The second-order valence-corrected chi connectivity index (χ2v) is 10.3. The molecule has 34 heavy (non-hydrogen) atoms. The summed E-state index contributed by atoms with van der Waals surface area (Å²) in [4.78, 5) is 42.0. The molecule has 1 aromatic carbocycles. The molecule has 2 heterocycles. The molecule has 1 saturated heterocycles. The van der Waals surface area contributed by atoms with E-state index in [1.807, 2.05) is 40.3 Å². The van der Waals surface area contributed by atoms with Gasteiger partial charge in [0.1, 0.15) is 12.3 Å². The molecule has 186 valence electrons. The predicted molar refractivity (Wildman–Crippen MR) is 136 cm³/mol. The largest absolute Gasteiger partial charge is 0.343 e. The molecule has 8 nitrogen and oxygen atoms in total. The summed E-state index contributed by atoms with van der Waals surface area (Å²) in [5.74, 6) is -0.570. The molecular weight excluding hydrogens is 450 g/mol. The maximum absolute atomic E-state index is 12.5. The summed E-state index contributed by atoms with van der Waals surface area (Å²) in [7, 11) is 1.96. The number of aldehydes is 1. The van der Waals surface area contributed by atoms with E-state index >= 15 is 0 Å². The number of likely N-dealkylation sites (tertiary alicyclic amines) is 1. The Hall–Kier alpha value is -2.62. The summed E-state index contributed by atoms with van der Waals surface area (Å²) in [5.41, 5.74) is 10.4. The van der Waals surface area contributed by atoms with Crippen molar-refractivity contribution in [3.8, 4) is 10.4 Å². The number of amides is 2. The van der Waals surface area contributed by atoms with Crippen molar-refractivity contribution in [1.29, 1.82) is 0 Å². The van der Waals surface area contributed by atoms with Gasteiger partial charge in [0.2, 0.25) is 11.8 Å². The van der Waals surface area contributed by atoms with Gasteiger partial charge in [-0.15, -0.1) is 11.3 Å². The van der Waals surface area contributed by atoms with Gasteiger partial charge in [0, 0.05) is 13.1 Å². The molecule has 0 spiro atoms. The highest BCUT2D eigenvalue weighted by Crippen LogP contribution is 2.27. The van der Waals surface area contributed by atoms with Crippen LogP contribution in [0, 0.1) is 12.3 Å². The number of nitrogens with two attached hydrogens (primary N) is 1. The number of carbonyl (C=O) groups is 3. The summed E-state index contributed by atoms with van der Waals surface area (Å²) >= 11 is 1.70. The van der Waals surface area contributed by atoms with E-state index in [1.54, 1.807) is 16.2 Å². The fraction of sp³-hybridized carbons (Fsp3) is 0.520. The second-order valence-electron chi connectivity index (χ2n) is 9.44. The number of rotatable bonds is 7. The van der Waals surface area contributed by atoms with Gasteiger partial charge in [-0.2, -0.15) is 0 Å². The van der Waals surface area contributed by atoms with Gasteiger partial charge in [0.25, 0.3) is 0 Å². The summed E-state index contributed by atoms with van der Waals surface area (Å²) in [6.07, 6.45) is 2.31. The van der Waals surface area contributed by atoms with Crippen molar-refractivity contribution >= 4 is 29.4 Å². The highest BCUT2D eigenvalue weighted by Gasteiger charge is 2.39. The number of benzene rings is 1. The van der Waals surface area contributed by atoms with E-state index in [0.717, 1.165) is 24.9 Å². The molecule has 2 atom stereocenters. The minimum absolute atomic E-state index is 0.156. The van der Waals surface area contributed by atoms with Crippen molar-refractivity contribution in [3.05, 3.63) is 41.0 Å². The predicted octanol–water partition coefficient (Wildman–Crippen LogP) is 2.50. The standard InChI is InChI=1S/C13H23N3O3.C12H14N2S/c1-13(2,3)11(15-10(18)7-14)12(19)16-6-4-5-9(16)8-17;1-9-12(15-8-14-9)11-5-3-10(4-6-11)7-13-2/h8-9,11H,4-7,14H2,1-3H3,(H,15,18);3-6,8,13H,7H2,1-2H3. The number of nitrogens with one attached hydrogen (secondary N) is 2. The first-order valence-electron chi connectivity index (χ1n) is 11.5. The lowest BCUT2D eigenvalue weighted by molar-refractivity contribution is -0.141. The second kappa shape index (κ2) is 12.7. The van der Waals surface area contributed by atoms with Crippen LogP contribution in [0.5, 0.6) is 0 Å². The van der Waals surface area contributed by atoms with E-state index in [1.165, 1.54) is 16.0 Å². The van der Waals surface area contributed by atoms with E-state index in [-0.39, 0.29) is 24.4 Å². The number of aromatic nitrogens is 1. The molecule has 9 heteroatoms. The molecule has 2 unspecified atom stereocenters.